The van der Waals surface area contributed by atoms with Crippen molar-refractivity contribution in [3.05, 3.63) is 33.6 Å². The second kappa shape index (κ2) is 5.12. The lowest BCUT2D eigenvalue weighted by atomic mass is 10.0. The fraction of sp³-hybridized carbons (Fsp3) is 0.571. The summed E-state index contributed by atoms with van der Waals surface area (Å²) in [5.41, 5.74) is 5.01. The van der Waals surface area contributed by atoms with Crippen LogP contribution < -0.4 is 0 Å². The maximum Gasteiger partial charge on any atom is 0.0955 e. The molecule has 2 aromatic rings. The zero-order valence-corrected chi connectivity index (χ0v) is 13.1. The number of rotatable bonds is 3. The van der Waals surface area contributed by atoms with Crippen LogP contribution in [0.5, 0.6) is 0 Å². The van der Waals surface area contributed by atoms with Crippen LogP contribution in [0.15, 0.2) is 10.8 Å². The van der Waals surface area contributed by atoms with Crippen LogP contribution in [0.4, 0.5) is 0 Å². The van der Waals surface area contributed by atoms with E-state index >= 15 is 0 Å². The molecule has 0 saturated carbocycles. The van der Waals surface area contributed by atoms with Crippen LogP contribution in [0.25, 0.3) is 0 Å². The molecule has 0 spiro atoms. The van der Waals surface area contributed by atoms with E-state index in [9.17, 15) is 0 Å². The number of hydrogen-bond acceptors (Lipinski definition) is 2. The number of halogens is 1. The monoisotopic (exact) mass is 322 g/mol. The fourth-order valence-electron chi connectivity index (χ4n) is 2.85. The molecule has 0 fully saturated rings. The number of fused-ring (bicyclic) bond motifs is 1. The minimum Gasteiger partial charge on any atom is -0.328 e. The minimum absolute atomic E-state index is 0.859. The molecule has 0 amide bonds. The van der Waals surface area contributed by atoms with Gasteiger partial charge >= 0.3 is 0 Å². The molecule has 4 nitrogen and oxygen atoms in total. The zero-order chi connectivity index (χ0) is 13.4. The van der Waals surface area contributed by atoms with Crippen LogP contribution in [0.2, 0.25) is 0 Å². The summed E-state index contributed by atoms with van der Waals surface area (Å²) >= 11 is 3.67. The van der Waals surface area contributed by atoms with Gasteiger partial charge in [-0.15, -0.1) is 0 Å². The highest BCUT2D eigenvalue weighted by Gasteiger charge is 2.18. The van der Waals surface area contributed by atoms with Gasteiger partial charge in [0.15, 0.2) is 0 Å². The molecule has 0 saturated heterocycles. The summed E-state index contributed by atoms with van der Waals surface area (Å²) in [5, 5.41) is 4.56. The molecule has 102 valence electrons. The summed E-state index contributed by atoms with van der Waals surface area (Å²) in [6.45, 7) is 5.94. The van der Waals surface area contributed by atoms with Gasteiger partial charge in [-0.05, 0) is 55.5 Å². The normalized spacial score (nSPS) is 14.7. The fourth-order valence-corrected chi connectivity index (χ4v) is 3.26. The van der Waals surface area contributed by atoms with Crippen molar-refractivity contribution >= 4 is 15.9 Å². The van der Waals surface area contributed by atoms with E-state index in [1.165, 1.54) is 29.9 Å². The maximum atomic E-state index is 4.56. The highest BCUT2D eigenvalue weighted by molar-refractivity contribution is 9.10. The number of aromatic nitrogens is 4. The molecule has 0 aliphatic heterocycles. The first-order chi connectivity index (χ1) is 9.20. The van der Waals surface area contributed by atoms with Gasteiger partial charge in [0.2, 0.25) is 0 Å². The molecule has 1 aliphatic carbocycles. The molecule has 2 aromatic heterocycles. The summed E-state index contributed by atoms with van der Waals surface area (Å²) in [4.78, 5) is 4.56. The van der Waals surface area contributed by atoms with Crippen molar-refractivity contribution in [2.45, 2.75) is 52.6 Å². The van der Waals surface area contributed by atoms with Gasteiger partial charge in [-0.1, -0.05) is 0 Å². The van der Waals surface area contributed by atoms with Crippen LogP contribution in [0.3, 0.4) is 0 Å². The average Bonchev–Trinajstić information content (AvgIpc) is 2.95. The SMILES string of the molecule is CCn1nc(C)c(Br)c1Cn1cnc2c1CCCC2. The molecular formula is C14H19BrN4. The van der Waals surface area contributed by atoms with Crippen molar-refractivity contribution in [1.82, 2.24) is 19.3 Å². The largest absolute Gasteiger partial charge is 0.328 e. The number of imidazole rings is 1. The van der Waals surface area contributed by atoms with Crippen molar-refractivity contribution < 1.29 is 0 Å². The third-order valence-electron chi connectivity index (χ3n) is 3.88. The molecule has 1 aliphatic rings. The maximum absolute atomic E-state index is 4.56. The van der Waals surface area contributed by atoms with Crippen LogP contribution in [-0.2, 0) is 25.9 Å². The number of nitrogens with zero attached hydrogens (tertiary/aromatic N) is 4. The van der Waals surface area contributed by atoms with Gasteiger partial charge in [0.05, 0.1) is 34.4 Å². The Morgan fingerprint density at radius 1 is 1.32 bits per heavy atom. The Hall–Kier alpha value is -1.10. The van der Waals surface area contributed by atoms with E-state index in [2.05, 4.69) is 42.2 Å². The number of hydrogen-bond donors (Lipinski definition) is 0. The van der Waals surface area contributed by atoms with Crippen molar-refractivity contribution in [3.63, 3.8) is 0 Å². The van der Waals surface area contributed by atoms with Gasteiger partial charge in [-0.2, -0.15) is 5.10 Å². The first-order valence-electron chi connectivity index (χ1n) is 6.95. The lowest BCUT2D eigenvalue weighted by molar-refractivity contribution is 0.576. The predicted octanol–water partition coefficient (Wildman–Crippen LogP) is 3.10. The van der Waals surface area contributed by atoms with E-state index < -0.39 is 0 Å². The molecule has 0 N–H and O–H groups in total. The number of aryl methyl sites for hydroxylation is 3. The Morgan fingerprint density at radius 2 is 2.11 bits per heavy atom. The Morgan fingerprint density at radius 3 is 2.89 bits per heavy atom. The quantitative estimate of drug-likeness (QED) is 0.870. The van der Waals surface area contributed by atoms with E-state index in [1.54, 1.807) is 0 Å². The molecule has 2 heterocycles. The summed E-state index contributed by atoms with van der Waals surface area (Å²) in [6, 6.07) is 0. The van der Waals surface area contributed by atoms with Gasteiger partial charge < -0.3 is 4.57 Å². The third kappa shape index (κ3) is 2.24. The molecule has 0 radical (unpaired) electrons. The van der Waals surface area contributed by atoms with Gasteiger partial charge in [0.25, 0.3) is 0 Å². The molecular weight excluding hydrogens is 304 g/mol. The van der Waals surface area contributed by atoms with Crippen LogP contribution in [0, 0.1) is 6.92 Å². The highest BCUT2D eigenvalue weighted by atomic mass is 79.9. The van der Waals surface area contributed by atoms with E-state index in [0.29, 0.717) is 0 Å². The summed E-state index contributed by atoms with van der Waals surface area (Å²) in [6.07, 6.45) is 6.85. The average molecular weight is 323 g/mol. The molecule has 19 heavy (non-hydrogen) atoms. The second-order valence-electron chi connectivity index (χ2n) is 5.13. The lowest BCUT2D eigenvalue weighted by Crippen LogP contribution is -2.12. The van der Waals surface area contributed by atoms with Crippen LogP contribution in [0.1, 0.15) is 42.5 Å². The van der Waals surface area contributed by atoms with Gasteiger partial charge in [0.1, 0.15) is 0 Å². The molecule has 0 unspecified atom stereocenters. The first kappa shape index (κ1) is 12.9. The van der Waals surface area contributed by atoms with Crippen LogP contribution in [-0.4, -0.2) is 19.3 Å². The summed E-state index contributed by atoms with van der Waals surface area (Å²) in [5.74, 6) is 0. The molecule has 0 bridgehead atoms. The Bertz CT molecular complexity index is 597. The first-order valence-corrected chi connectivity index (χ1v) is 7.74. The van der Waals surface area contributed by atoms with E-state index in [1.807, 2.05) is 13.3 Å². The zero-order valence-electron chi connectivity index (χ0n) is 11.5. The van der Waals surface area contributed by atoms with Gasteiger partial charge in [-0.25, -0.2) is 4.98 Å². The smallest absolute Gasteiger partial charge is 0.0955 e. The summed E-state index contributed by atoms with van der Waals surface area (Å²) < 4.78 is 5.50. The van der Waals surface area contributed by atoms with Crippen molar-refractivity contribution in [2.75, 3.05) is 0 Å². The Kier molecular flexibility index (Phi) is 3.48. The molecule has 0 atom stereocenters. The van der Waals surface area contributed by atoms with Crippen molar-refractivity contribution in [1.29, 1.82) is 0 Å². The van der Waals surface area contributed by atoms with Crippen molar-refractivity contribution in [2.24, 2.45) is 0 Å². The molecule has 5 heteroatoms. The van der Waals surface area contributed by atoms with Gasteiger partial charge in [0, 0.05) is 12.2 Å². The molecule has 3 rings (SSSR count). The molecule has 0 aromatic carbocycles. The van der Waals surface area contributed by atoms with Crippen molar-refractivity contribution in [3.8, 4) is 0 Å². The topological polar surface area (TPSA) is 35.6 Å². The van der Waals surface area contributed by atoms with E-state index in [0.717, 1.165) is 36.1 Å². The third-order valence-corrected chi connectivity index (χ3v) is 4.91. The Balaban J connectivity index is 1.95. The standard InChI is InChI=1S/C14H19BrN4/c1-3-19-13(14(15)10(2)17-19)8-18-9-16-11-6-4-5-7-12(11)18/h9H,3-8H2,1-2H3. The predicted molar refractivity (Wildman–Crippen MR) is 78.3 cm³/mol. The van der Waals surface area contributed by atoms with Crippen LogP contribution >= 0.6 is 15.9 Å². The minimum atomic E-state index is 0.859. The van der Waals surface area contributed by atoms with Gasteiger partial charge in [-0.3, -0.25) is 4.68 Å². The summed E-state index contributed by atoms with van der Waals surface area (Å²) in [7, 11) is 0. The highest BCUT2D eigenvalue weighted by Crippen LogP contribution is 2.25. The second-order valence-corrected chi connectivity index (χ2v) is 5.93. The van der Waals surface area contributed by atoms with E-state index in [4.69, 9.17) is 0 Å². The van der Waals surface area contributed by atoms with E-state index in [-0.39, 0.29) is 0 Å². The lowest BCUT2D eigenvalue weighted by Gasteiger charge is -2.14. The Labute approximate surface area is 122 Å².